The lowest BCUT2D eigenvalue weighted by Crippen LogP contribution is -2.36. The molecular formula is C22H18N2O4S3. The summed E-state index contributed by atoms with van der Waals surface area (Å²) in [7, 11) is -2.63. The lowest BCUT2D eigenvalue weighted by Gasteiger charge is -2.05. The molecule has 0 spiro atoms. The van der Waals surface area contributed by atoms with Crippen molar-refractivity contribution in [3.63, 3.8) is 0 Å². The summed E-state index contributed by atoms with van der Waals surface area (Å²) in [6.45, 7) is 0.411. The molecule has 0 saturated heterocycles. The van der Waals surface area contributed by atoms with E-state index in [1.165, 1.54) is 0 Å². The van der Waals surface area contributed by atoms with Crippen LogP contribution in [0.4, 0.5) is 0 Å². The summed E-state index contributed by atoms with van der Waals surface area (Å²) in [5, 5.41) is 12.9. The molecule has 0 N–H and O–H groups in total. The van der Waals surface area contributed by atoms with E-state index < -0.39 is 15.9 Å². The van der Waals surface area contributed by atoms with Gasteiger partial charge in [0.05, 0.1) is 28.9 Å². The van der Waals surface area contributed by atoms with E-state index in [1.807, 2.05) is 41.8 Å². The van der Waals surface area contributed by atoms with Crippen LogP contribution in [0.1, 0.15) is 22.6 Å². The zero-order chi connectivity index (χ0) is 22.0. The lowest BCUT2D eigenvalue weighted by molar-refractivity contribution is -0.667. The average molecular weight is 471 g/mol. The highest BCUT2D eigenvalue weighted by Gasteiger charge is 2.24. The number of thiazole rings is 1. The second-order valence-corrected chi connectivity index (χ2v) is 10.4. The number of hydrogen-bond donors (Lipinski definition) is 0. The molecule has 0 bridgehead atoms. The third-order valence-electron chi connectivity index (χ3n) is 4.85. The van der Waals surface area contributed by atoms with E-state index in [0.29, 0.717) is 12.1 Å². The number of benzene rings is 2. The minimum absolute atomic E-state index is 0.235. The normalized spacial score (nSPS) is 12.0. The highest BCUT2D eigenvalue weighted by Crippen LogP contribution is 2.38. The maximum atomic E-state index is 11.1. The largest absolute Gasteiger partial charge is 0.748 e. The van der Waals surface area contributed by atoms with Gasteiger partial charge in [-0.05, 0) is 35.2 Å². The Morgan fingerprint density at radius 3 is 2.68 bits per heavy atom. The molecule has 2 aromatic carbocycles. The first-order valence-electron chi connectivity index (χ1n) is 9.42. The van der Waals surface area contributed by atoms with Crippen LogP contribution in [0.15, 0.2) is 41.8 Å². The minimum Gasteiger partial charge on any atom is -0.748 e. The number of hydrogen-bond acceptors (Lipinski definition) is 7. The van der Waals surface area contributed by atoms with E-state index >= 15 is 0 Å². The van der Waals surface area contributed by atoms with Crippen molar-refractivity contribution in [3.8, 4) is 11.8 Å². The van der Waals surface area contributed by atoms with Gasteiger partial charge in [0.1, 0.15) is 15.1 Å². The van der Waals surface area contributed by atoms with Gasteiger partial charge in [-0.1, -0.05) is 23.5 Å². The number of thiophene rings is 1. The first-order valence-corrected chi connectivity index (χ1v) is 12.7. The van der Waals surface area contributed by atoms with Crippen LogP contribution < -0.4 is 9.30 Å². The number of aromatic nitrogens is 1. The fourth-order valence-corrected chi connectivity index (χ4v) is 6.07. The van der Waals surface area contributed by atoms with Gasteiger partial charge in [-0.2, -0.15) is 9.83 Å². The molecule has 0 amide bonds. The Hall–Kier alpha value is -2.77. The molecular weight excluding hydrogens is 452 g/mol. The molecule has 2 heterocycles. The van der Waals surface area contributed by atoms with Crippen molar-refractivity contribution >= 4 is 65.2 Å². The molecule has 9 heteroatoms. The van der Waals surface area contributed by atoms with Crippen LogP contribution in [0, 0.1) is 11.3 Å². The topological polar surface area (TPSA) is 94.1 Å². The Bertz CT molecular complexity index is 1430. The maximum Gasteiger partial charge on any atom is 0.262 e. The lowest BCUT2D eigenvalue weighted by atomic mass is 10.1. The van der Waals surface area contributed by atoms with Crippen molar-refractivity contribution < 1.29 is 22.3 Å². The average Bonchev–Trinajstić information content (AvgIpc) is 3.36. The van der Waals surface area contributed by atoms with Gasteiger partial charge in [-0.15, -0.1) is 11.3 Å². The SMILES string of the molecule is COc1cc2sc(C=Cc3ccc(C#N)cc3)[n+](CCCS(=O)(=O)[O-])c2c2sccc12. The summed E-state index contributed by atoms with van der Waals surface area (Å²) in [4.78, 5) is 0. The number of nitriles is 1. The zero-order valence-corrected chi connectivity index (χ0v) is 19.0. The standard InChI is InChI=1S/C22H18N2O4S3/c1-28-18-13-19-21(22-17(18)9-11-29-22)24(10-2-12-31(25,26)27)20(30-19)8-7-15-3-5-16(14-23)6-4-15/h3-9,11,13H,2,10,12H2,1H3. The van der Waals surface area contributed by atoms with Gasteiger partial charge in [0.15, 0.2) is 6.54 Å². The Balaban J connectivity index is 1.81. The van der Waals surface area contributed by atoms with Crippen molar-refractivity contribution in [3.05, 3.63) is 57.9 Å². The predicted octanol–water partition coefficient (Wildman–Crippen LogP) is 4.39. The molecule has 0 unspecified atom stereocenters. The van der Waals surface area contributed by atoms with E-state index in [1.54, 1.807) is 41.9 Å². The maximum absolute atomic E-state index is 11.1. The molecule has 2 aromatic heterocycles. The molecule has 0 saturated carbocycles. The molecule has 158 valence electrons. The molecule has 6 nitrogen and oxygen atoms in total. The molecule has 0 radical (unpaired) electrons. The van der Waals surface area contributed by atoms with Crippen LogP contribution in [0.5, 0.6) is 5.75 Å². The number of nitrogens with zero attached hydrogens (tertiary/aromatic N) is 2. The van der Waals surface area contributed by atoms with E-state index in [9.17, 15) is 13.0 Å². The smallest absolute Gasteiger partial charge is 0.262 e. The third kappa shape index (κ3) is 4.62. The van der Waals surface area contributed by atoms with Gasteiger partial charge in [-0.25, -0.2) is 8.42 Å². The molecule has 31 heavy (non-hydrogen) atoms. The number of ether oxygens (including phenoxy) is 1. The molecule has 0 fully saturated rings. The Labute approximate surface area is 188 Å². The van der Waals surface area contributed by atoms with Gasteiger partial charge in [-0.3, -0.25) is 0 Å². The summed E-state index contributed by atoms with van der Waals surface area (Å²) in [6.07, 6.45) is 4.16. The van der Waals surface area contributed by atoms with Gasteiger partial charge in [0, 0.05) is 29.7 Å². The Morgan fingerprint density at radius 2 is 2.00 bits per heavy atom. The number of fused-ring (bicyclic) bond motifs is 3. The summed E-state index contributed by atoms with van der Waals surface area (Å²) in [5.74, 6) is 0.391. The number of aryl methyl sites for hydroxylation is 1. The van der Waals surface area contributed by atoms with Crippen molar-refractivity contribution in [2.75, 3.05) is 12.9 Å². The van der Waals surface area contributed by atoms with Crippen LogP contribution in [-0.2, 0) is 16.7 Å². The third-order valence-corrected chi connectivity index (χ3v) is 7.65. The van der Waals surface area contributed by atoms with Gasteiger partial charge >= 0.3 is 0 Å². The van der Waals surface area contributed by atoms with Crippen molar-refractivity contribution in [2.45, 2.75) is 13.0 Å². The Kier molecular flexibility index (Phi) is 6.07. The van der Waals surface area contributed by atoms with Gasteiger partial charge < -0.3 is 9.29 Å². The molecule has 0 aliphatic rings. The van der Waals surface area contributed by atoms with Crippen LogP contribution in [-0.4, -0.2) is 25.8 Å². The number of rotatable bonds is 7. The molecule has 0 aliphatic heterocycles. The fourth-order valence-electron chi connectivity index (χ4n) is 3.43. The first kappa shape index (κ1) is 21.5. The minimum atomic E-state index is -4.27. The van der Waals surface area contributed by atoms with Crippen LogP contribution in [0.25, 0.3) is 32.5 Å². The monoisotopic (exact) mass is 470 g/mol. The summed E-state index contributed by atoms with van der Waals surface area (Å²) < 4.78 is 43.1. The van der Waals surface area contributed by atoms with Crippen LogP contribution in [0.2, 0.25) is 0 Å². The van der Waals surface area contributed by atoms with E-state index in [2.05, 4.69) is 10.6 Å². The second kappa shape index (κ2) is 8.77. The van der Waals surface area contributed by atoms with E-state index in [4.69, 9.17) is 10.00 Å². The van der Waals surface area contributed by atoms with Crippen molar-refractivity contribution in [2.24, 2.45) is 0 Å². The Morgan fingerprint density at radius 1 is 1.23 bits per heavy atom. The van der Waals surface area contributed by atoms with Crippen molar-refractivity contribution in [1.82, 2.24) is 0 Å². The predicted molar refractivity (Wildman–Crippen MR) is 123 cm³/mol. The molecule has 0 aliphatic carbocycles. The first-order chi connectivity index (χ1) is 14.9. The van der Waals surface area contributed by atoms with E-state index in [0.717, 1.165) is 36.6 Å². The highest BCUT2D eigenvalue weighted by atomic mass is 32.2. The highest BCUT2D eigenvalue weighted by molar-refractivity contribution is 7.85. The number of methoxy groups -OCH3 is 1. The second-order valence-electron chi connectivity index (χ2n) is 6.86. The molecule has 4 aromatic rings. The summed E-state index contributed by atoms with van der Waals surface area (Å²) in [5.41, 5.74) is 2.56. The molecule has 4 rings (SSSR count). The van der Waals surface area contributed by atoms with Gasteiger partial charge in [0.25, 0.3) is 5.01 Å². The van der Waals surface area contributed by atoms with Crippen LogP contribution in [0.3, 0.4) is 0 Å². The van der Waals surface area contributed by atoms with Crippen LogP contribution >= 0.6 is 22.7 Å². The van der Waals surface area contributed by atoms with Gasteiger partial charge in [0.2, 0.25) is 5.52 Å². The van der Waals surface area contributed by atoms with Crippen molar-refractivity contribution in [1.29, 1.82) is 5.26 Å². The van der Waals surface area contributed by atoms with E-state index in [-0.39, 0.29) is 6.42 Å². The molecule has 0 atom stereocenters. The fraction of sp³-hybridized carbons (Fsp3) is 0.182. The quantitative estimate of drug-likeness (QED) is 0.295. The summed E-state index contributed by atoms with van der Waals surface area (Å²) in [6, 6.07) is 13.4. The summed E-state index contributed by atoms with van der Waals surface area (Å²) >= 11 is 3.18. The zero-order valence-electron chi connectivity index (χ0n) is 16.6.